The normalized spacial score (nSPS) is 15.4. The number of pyridine rings is 1. The maximum atomic E-state index is 12.1. The Morgan fingerprint density at radius 2 is 1.52 bits per heavy atom. The van der Waals surface area contributed by atoms with E-state index in [1.54, 1.807) is 0 Å². The molecule has 1 amide bonds. The van der Waals surface area contributed by atoms with Gasteiger partial charge in [-0.25, -0.2) is 0 Å². The number of nitrogens with one attached hydrogen (secondary N) is 1. The average molecular weight is 620 g/mol. The molecule has 0 aromatic carbocycles. The zero-order valence-corrected chi connectivity index (χ0v) is 27.7. The van der Waals surface area contributed by atoms with Gasteiger partial charge in [-0.1, -0.05) is 6.07 Å². The first-order chi connectivity index (χ1) is 21.1. The monoisotopic (exact) mass is 619 g/mol. The minimum Gasteiger partial charge on any atom is -0.460 e. The summed E-state index contributed by atoms with van der Waals surface area (Å²) in [5, 5.41) is 2.94. The van der Waals surface area contributed by atoms with E-state index in [1.165, 1.54) is 24.0 Å². The van der Waals surface area contributed by atoms with Crippen molar-refractivity contribution in [1.29, 1.82) is 0 Å². The number of ketones is 1. The number of carbonyl (C=O) groups excluding carboxylic acids is 3. The molecule has 0 bridgehead atoms. The summed E-state index contributed by atoms with van der Waals surface area (Å²) in [4.78, 5) is 42.7. The first-order valence-electron chi connectivity index (χ1n) is 16.5. The summed E-state index contributed by atoms with van der Waals surface area (Å²) < 4.78 is 21.9. The summed E-state index contributed by atoms with van der Waals surface area (Å²) in [6, 6.07) is 2.71. The minimum absolute atomic E-state index is 0.0651. The number of carbonyl (C=O) groups is 3. The first kappa shape index (κ1) is 37.8. The standard InChI is InChI=1S/C34H57N3O7/c1-34(2,3)44-33(40)14-6-8-20-42-22-24-43-23-21-41-19-7-5-12-30(38)15-16-32(39)36-17-9-11-28-25-29(27-35-26-28)31-13-10-18-37(31)4/h25-27,31H,5-24H2,1-4H3,(H,36,39)/t31-/m0/s1. The van der Waals surface area contributed by atoms with Crippen molar-refractivity contribution in [2.45, 2.75) is 109 Å². The van der Waals surface area contributed by atoms with Crippen LogP contribution in [0.3, 0.4) is 0 Å². The number of unbranched alkanes of at least 4 members (excludes halogenated alkanes) is 2. The molecule has 0 saturated carbocycles. The first-order valence-corrected chi connectivity index (χ1v) is 16.5. The quantitative estimate of drug-likeness (QED) is 0.126. The number of rotatable bonds is 24. The van der Waals surface area contributed by atoms with Gasteiger partial charge in [0.2, 0.25) is 5.91 Å². The number of aromatic nitrogens is 1. The molecule has 1 N–H and O–H groups in total. The summed E-state index contributed by atoms with van der Waals surface area (Å²) in [5.74, 6) is -0.116. The SMILES string of the molecule is CN1CCC[C@H]1c1cncc(CCCNC(=O)CCC(=O)CCCCOCCOCCOCCCCC(=O)OC(C)(C)C)c1. The number of nitrogens with zero attached hydrogens (tertiary/aromatic N) is 2. The van der Waals surface area contributed by atoms with Crippen LogP contribution < -0.4 is 5.32 Å². The van der Waals surface area contributed by atoms with E-state index in [9.17, 15) is 14.4 Å². The maximum Gasteiger partial charge on any atom is 0.306 e. The van der Waals surface area contributed by atoms with Crippen LogP contribution in [-0.2, 0) is 39.8 Å². The molecule has 2 heterocycles. The van der Waals surface area contributed by atoms with E-state index in [-0.39, 0.29) is 30.5 Å². The zero-order chi connectivity index (χ0) is 32.0. The van der Waals surface area contributed by atoms with Gasteiger partial charge in [-0.3, -0.25) is 24.3 Å². The fourth-order valence-corrected chi connectivity index (χ4v) is 5.08. The third-order valence-electron chi connectivity index (χ3n) is 7.39. The van der Waals surface area contributed by atoms with E-state index in [2.05, 4.69) is 28.3 Å². The highest BCUT2D eigenvalue weighted by Gasteiger charge is 2.22. The van der Waals surface area contributed by atoms with Crippen LogP contribution in [0.1, 0.15) is 109 Å². The fraction of sp³-hybridized carbons (Fsp3) is 0.765. The Labute approximate surface area is 264 Å². The van der Waals surface area contributed by atoms with Crippen molar-refractivity contribution in [2.24, 2.45) is 0 Å². The van der Waals surface area contributed by atoms with Crippen LogP contribution >= 0.6 is 0 Å². The predicted octanol–water partition coefficient (Wildman–Crippen LogP) is 4.98. The molecule has 250 valence electrons. The Balaban J connectivity index is 1.33. The van der Waals surface area contributed by atoms with E-state index < -0.39 is 5.60 Å². The number of Topliss-reactive ketones (excluding diaryl/α,β-unsaturated/α-hetero) is 1. The molecule has 1 aromatic rings. The number of aryl methyl sites for hydroxylation is 1. The third kappa shape index (κ3) is 18.4. The molecule has 1 aliphatic heterocycles. The van der Waals surface area contributed by atoms with Gasteiger partial charge in [0, 0.05) is 63.9 Å². The number of hydrogen-bond acceptors (Lipinski definition) is 9. The summed E-state index contributed by atoms with van der Waals surface area (Å²) in [6.45, 7) is 10.5. The number of ether oxygens (including phenoxy) is 4. The van der Waals surface area contributed by atoms with Gasteiger partial charge >= 0.3 is 5.97 Å². The largest absolute Gasteiger partial charge is 0.460 e. The van der Waals surface area contributed by atoms with Gasteiger partial charge in [0.1, 0.15) is 11.4 Å². The molecule has 1 aliphatic rings. The summed E-state index contributed by atoms with van der Waals surface area (Å²) in [7, 11) is 2.17. The third-order valence-corrected chi connectivity index (χ3v) is 7.39. The van der Waals surface area contributed by atoms with Crippen LogP contribution in [0.15, 0.2) is 18.5 Å². The molecule has 10 heteroatoms. The molecule has 10 nitrogen and oxygen atoms in total. The summed E-state index contributed by atoms with van der Waals surface area (Å²) in [5.41, 5.74) is 2.05. The molecule has 1 saturated heterocycles. The van der Waals surface area contributed by atoms with E-state index >= 15 is 0 Å². The molecule has 1 aromatic heterocycles. The van der Waals surface area contributed by atoms with Crippen molar-refractivity contribution in [1.82, 2.24) is 15.2 Å². The zero-order valence-electron chi connectivity index (χ0n) is 27.7. The van der Waals surface area contributed by atoms with Gasteiger partial charge in [-0.2, -0.15) is 0 Å². The Kier molecular flexibility index (Phi) is 19.0. The van der Waals surface area contributed by atoms with Crippen molar-refractivity contribution in [3.05, 3.63) is 29.6 Å². The molecule has 1 atom stereocenters. The Morgan fingerprint density at radius 1 is 0.864 bits per heavy atom. The summed E-state index contributed by atoms with van der Waals surface area (Å²) in [6.07, 6.45) is 12.5. The van der Waals surface area contributed by atoms with Gasteiger partial charge in [0.15, 0.2) is 0 Å². The number of hydrogen-bond donors (Lipinski definition) is 1. The lowest BCUT2D eigenvalue weighted by Crippen LogP contribution is -2.25. The van der Waals surface area contributed by atoms with Crippen LogP contribution in [-0.4, -0.2) is 92.9 Å². The number of esters is 1. The van der Waals surface area contributed by atoms with Crippen molar-refractivity contribution in [3.8, 4) is 0 Å². The molecule has 0 spiro atoms. The molecule has 1 fully saturated rings. The van der Waals surface area contributed by atoms with Crippen molar-refractivity contribution in [2.75, 3.05) is 59.8 Å². The molecule has 44 heavy (non-hydrogen) atoms. The smallest absolute Gasteiger partial charge is 0.306 e. The lowest BCUT2D eigenvalue weighted by atomic mass is 10.0. The average Bonchev–Trinajstić information content (AvgIpc) is 3.41. The second-order valence-electron chi connectivity index (χ2n) is 12.6. The van der Waals surface area contributed by atoms with E-state index in [0.717, 1.165) is 45.1 Å². The second-order valence-corrected chi connectivity index (χ2v) is 12.6. The van der Waals surface area contributed by atoms with E-state index in [1.807, 2.05) is 33.2 Å². The van der Waals surface area contributed by atoms with Crippen molar-refractivity contribution >= 4 is 17.7 Å². The lowest BCUT2D eigenvalue weighted by Gasteiger charge is -2.19. The van der Waals surface area contributed by atoms with Gasteiger partial charge in [-0.05, 0) is 96.9 Å². The van der Waals surface area contributed by atoms with E-state index in [4.69, 9.17) is 18.9 Å². The van der Waals surface area contributed by atoms with Crippen LogP contribution in [0.2, 0.25) is 0 Å². The highest BCUT2D eigenvalue weighted by atomic mass is 16.6. The molecular weight excluding hydrogens is 562 g/mol. The summed E-state index contributed by atoms with van der Waals surface area (Å²) >= 11 is 0. The highest BCUT2D eigenvalue weighted by Crippen LogP contribution is 2.30. The van der Waals surface area contributed by atoms with Crippen molar-refractivity contribution < 1.29 is 33.3 Å². The second kappa shape index (κ2) is 22.2. The molecule has 0 unspecified atom stereocenters. The number of likely N-dealkylation sites (tertiary alicyclic amines) is 1. The molecule has 0 aliphatic carbocycles. The lowest BCUT2D eigenvalue weighted by molar-refractivity contribution is -0.155. The molecule has 0 radical (unpaired) electrons. The topological polar surface area (TPSA) is 116 Å². The van der Waals surface area contributed by atoms with Crippen molar-refractivity contribution in [3.63, 3.8) is 0 Å². The van der Waals surface area contributed by atoms with Gasteiger partial charge in [-0.15, -0.1) is 0 Å². The predicted molar refractivity (Wildman–Crippen MR) is 170 cm³/mol. The van der Waals surface area contributed by atoms with Crippen LogP contribution in [0.4, 0.5) is 0 Å². The number of amides is 1. The Morgan fingerprint density at radius 3 is 2.16 bits per heavy atom. The van der Waals surface area contributed by atoms with Gasteiger partial charge in [0.05, 0.1) is 26.4 Å². The van der Waals surface area contributed by atoms with Crippen LogP contribution in [0.25, 0.3) is 0 Å². The molecule has 2 rings (SSSR count). The van der Waals surface area contributed by atoms with Gasteiger partial charge < -0.3 is 24.3 Å². The van der Waals surface area contributed by atoms with Crippen LogP contribution in [0, 0.1) is 0 Å². The van der Waals surface area contributed by atoms with Crippen LogP contribution in [0.5, 0.6) is 0 Å². The van der Waals surface area contributed by atoms with Gasteiger partial charge in [0.25, 0.3) is 0 Å². The maximum absolute atomic E-state index is 12.1. The molecular formula is C34H57N3O7. The fourth-order valence-electron chi connectivity index (χ4n) is 5.08. The minimum atomic E-state index is -0.436. The Hall–Kier alpha value is -2.40. The van der Waals surface area contributed by atoms with E-state index in [0.29, 0.717) is 65.1 Å². The highest BCUT2D eigenvalue weighted by molar-refractivity contribution is 5.84. The Bertz CT molecular complexity index is 966.